The SMILES string of the molecule is CCn1c(=O)c2ccccc2n(CC(=O)N(C)c2ccccc2OC)c1=O. The van der Waals surface area contributed by atoms with Crippen molar-refractivity contribution in [1.29, 1.82) is 0 Å². The number of methoxy groups -OCH3 is 1. The van der Waals surface area contributed by atoms with Gasteiger partial charge in [0.1, 0.15) is 12.3 Å². The lowest BCUT2D eigenvalue weighted by Gasteiger charge is -2.21. The molecule has 3 rings (SSSR count). The number of likely N-dealkylation sites (N-methyl/N-ethyl adjacent to an activating group) is 1. The largest absolute Gasteiger partial charge is 0.495 e. The highest BCUT2D eigenvalue weighted by atomic mass is 16.5. The summed E-state index contributed by atoms with van der Waals surface area (Å²) in [6.07, 6.45) is 0. The second-order valence-corrected chi connectivity index (χ2v) is 6.06. The fourth-order valence-corrected chi connectivity index (χ4v) is 3.09. The number of ether oxygens (including phenoxy) is 1. The Morgan fingerprint density at radius 2 is 1.70 bits per heavy atom. The van der Waals surface area contributed by atoms with Crippen LogP contribution < -0.4 is 20.9 Å². The molecule has 7 nitrogen and oxygen atoms in total. The van der Waals surface area contributed by atoms with Gasteiger partial charge in [-0.15, -0.1) is 0 Å². The number of fused-ring (bicyclic) bond motifs is 1. The highest BCUT2D eigenvalue weighted by Crippen LogP contribution is 2.26. The normalized spacial score (nSPS) is 10.8. The van der Waals surface area contributed by atoms with E-state index in [0.717, 1.165) is 4.57 Å². The first kappa shape index (κ1) is 18.4. The number of rotatable bonds is 5. The average Bonchev–Trinajstić information content (AvgIpc) is 2.70. The summed E-state index contributed by atoms with van der Waals surface area (Å²) < 4.78 is 7.78. The van der Waals surface area contributed by atoms with Gasteiger partial charge in [-0.2, -0.15) is 0 Å². The van der Waals surface area contributed by atoms with Gasteiger partial charge in [0.25, 0.3) is 5.56 Å². The monoisotopic (exact) mass is 367 g/mol. The van der Waals surface area contributed by atoms with Crippen LogP contribution in [0.15, 0.2) is 58.1 Å². The minimum absolute atomic E-state index is 0.186. The van der Waals surface area contributed by atoms with E-state index in [9.17, 15) is 14.4 Å². The molecule has 140 valence electrons. The lowest BCUT2D eigenvalue weighted by atomic mass is 10.2. The molecule has 0 saturated heterocycles. The molecule has 0 aliphatic heterocycles. The van der Waals surface area contributed by atoms with Gasteiger partial charge in [0.15, 0.2) is 0 Å². The number of para-hydroxylation sites is 3. The van der Waals surface area contributed by atoms with Gasteiger partial charge in [-0.1, -0.05) is 24.3 Å². The van der Waals surface area contributed by atoms with Gasteiger partial charge in [0.2, 0.25) is 5.91 Å². The average molecular weight is 367 g/mol. The summed E-state index contributed by atoms with van der Waals surface area (Å²) in [4.78, 5) is 39.6. The quantitative estimate of drug-likeness (QED) is 0.690. The second-order valence-electron chi connectivity index (χ2n) is 6.06. The van der Waals surface area contributed by atoms with E-state index >= 15 is 0 Å². The molecular formula is C20H21N3O4. The number of hydrogen-bond acceptors (Lipinski definition) is 4. The molecule has 0 spiro atoms. The Bertz CT molecular complexity index is 1110. The van der Waals surface area contributed by atoms with Crippen molar-refractivity contribution in [3.63, 3.8) is 0 Å². The predicted molar refractivity (Wildman–Crippen MR) is 105 cm³/mol. The van der Waals surface area contributed by atoms with E-state index in [1.165, 1.54) is 16.6 Å². The molecule has 0 saturated carbocycles. The third-order valence-electron chi connectivity index (χ3n) is 4.56. The summed E-state index contributed by atoms with van der Waals surface area (Å²) in [5.41, 5.74) is 0.202. The van der Waals surface area contributed by atoms with Gasteiger partial charge >= 0.3 is 5.69 Å². The summed E-state index contributed by atoms with van der Waals surface area (Å²) in [5.74, 6) is 0.261. The number of carbonyl (C=O) groups excluding carboxylic acids is 1. The maximum atomic E-state index is 12.9. The van der Waals surface area contributed by atoms with Crippen LogP contribution in [0.3, 0.4) is 0 Å². The standard InChI is InChI=1S/C20H21N3O4/c1-4-22-19(25)14-9-5-6-10-15(14)23(20(22)26)13-18(24)21(2)16-11-7-8-12-17(16)27-3/h5-12H,4,13H2,1-3H3. The fraction of sp³-hybridized carbons (Fsp3) is 0.250. The van der Waals surface area contributed by atoms with Gasteiger partial charge in [0, 0.05) is 13.6 Å². The van der Waals surface area contributed by atoms with Crippen molar-refractivity contribution in [2.24, 2.45) is 0 Å². The van der Waals surface area contributed by atoms with Crippen LogP contribution in [-0.2, 0) is 17.9 Å². The van der Waals surface area contributed by atoms with Crippen LogP contribution in [0.4, 0.5) is 5.69 Å². The van der Waals surface area contributed by atoms with Crippen LogP contribution in [0.1, 0.15) is 6.92 Å². The van der Waals surface area contributed by atoms with Crippen molar-refractivity contribution in [3.05, 3.63) is 69.4 Å². The van der Waals surface area contributed by atoms with Crippen LogP contribution in [0.2, 0.25) is 0 Å². The summed E-state index contributed by atoms with van der Waals surface area (Å²) in [6, 6.07) is 14.0. The van der Waals surface area contributed by atoms with Crippen LogP contribution >= 0.6 is 0 Å². The molecule has 27 heavy (non-hydrogen) atoms. The van der Waals surface area contributed by atoms with Crippen LogP contribution in [0, 0.1) is 0 Å². The first-order valence-electron chi connectivity index (χ1n) is 8.61. The summed E-state index contributed by atoms with van der Waals surface area (Å²) >= 11 is 0. The molecule has 0 radical (unpaired) electrons. The predicted octanol–water partition coefficient (Wildman–Crippen LogP) is 1.85. The van der Waals surface area contributed by atoms with E-state index in [1.807, 2.05) is 6.07 Å². The number of nitrogens with zero attached hydrogens (tertiary/aromatic N) is 3. The highest BCUT2D eigenvalue weighted by molar-refractivity contribution is 5.95. The molecule has 0 aliphatic carbocycles. The second kappa shape index (κ2) is 7.49. The number of aromatic nitrogens is 2. The van der Waals surface area contributed by atoms with Gasteiger partial charge in [0.05, 0.1) is 23.7 Å². The number of hydrogen-bond donors (Lipinski definition) is 0. The number of carbonyl (C=O) groups is 1. The van der Waals surface area contributed by atoms with Crippen molar-refractivity contribution in [2.45, 2.75) is 20.0 Å². The molecule has 7 heteroatoms. The molecule has 1 amide bonds. The third-order valence-corrected chi connectivity index (χ3v) is 4.56. The molecule has 0 bridgehead atoms. The van der Waals surface area contributed by atoms with E-state index in [-0.39, 0.29) is 24.6 Å². The van der Waals surface area contributed by atoms with E-state index in [1.54, 1.807) is 56.4 Å². The summed E-state index contributed by atoms with van der Waals surface area (Å²) in [6.45, 7) is 1.78. The third kappa shape index (κ3) is 3.23. The molecule has 2 aromatic carbocycles. The maximum Gasteiger partial charge on any atom is 0.331 e. The summed E-state index contributed by atoms with van der Waals surface area (Å²) in [7, 11) is 3.16. The molecule has 0 atom stereocenters. The topological polar surface area (TPSA) is 73.5 Å². The number of anilines is 1. The molecule has 1 heterocycles. The Morgan fingerprint density at radius 3 is 2.41 bits per heavy atom. The Balaban J connectivity index is 2.08. The summed E-state index contributed by atoms with van der Waals surface area (Å²) in [5, 5.41) is 0.409. The zero-order chi connectivity index (χ0) is 19.6. The maximum absolute atomic E-state index is 12.9. The Labute approximate surface area is 156 Å². The van der Waals surface area contributed by atoms with Gasteiger partial charge in [-0.05, 0) is 31.2 Å². The molecule has 3 aromatic rings. The van der Waals surface area contributed by atoms with Gasteiger partial charge < -0.3 is 9.64 Å². The van der Waals surface area contributed by atoms with Crippen molar-refractivity contribution in [2.75, 3.05) is 19.1 Å². The Kier molecular flexibility index (Phi) is 5.12. The fourth-order valence-electron chi connectivity index (χ4n) is 3.09. The zero-order valence-electron chi connectivity index (χ0n) is 15.5. The van der Waals surface area contributed by atoms with Crippen molar-refractivity contribution in [3.8, 4) is 5.75 Å². The molecule has 0 aliphatic rings. The van der Waals surface area contributed by atoms with Crippen molar-refractivity contribution < 1.29 is 9.53 Å². The molecule has 0 fully saturated rings. The molecular weight excluding hydrogens is 346 g/mol. The first-order chi connectivity index (χ1) is 13.0. The minimum atomic E-state index is -0.497. The van der Waals surface area contributed by atoms with E-state index < -0.39 is 5.69 Å². The number of amides is 1. The molecule has 1 aromatic heterocycles. The minimum Gasteiger partial charge on any atom is -0.495 e. The Hall–Kier alpha value is -3.35. The van der Waals surface area contributed by atoms with E-state index in [4.69, 9.17) is 4.74 Å². The van der Waals surface area contributed by atoms with Crippen LogP contribution in [-0.4, -0.2) is 29.2 Å². The smallest absolute Gasteiger partial charge is 0.331 e. The van der Waals surface area contributed by atoms with Gasteiger partial charge in [-0.3, -0.25) is 18.7 Å². The van der Waals surface area contributed by atoms with Gasteiger partial charge in [-0.25, -0.2) is 4.79 Å². The highest BCUT2D eigenvalue weighted by Gasteiger charge is 2.19. The van der Waals surface area contributed by atoms with Crippen LogP contribution in [0.25, 0.3) is 10.9 Å². The van der Waals surface area contributed by atoms with Crippen LogP contribution in [0.5, 0.6) is 5.75 Å². The van der Waals surface area contributed by atoms with Crippen molar-refractivity contribution in [1.82, 2.24) is 9.13 Å². The molecule has 0 N–H and O–H groups in total. The zero-order valence-corrected chi connectivity index (χ0v) is 15.5. The van der Waals surface area contributed by atoms with E-state index in [2.05, 4.69) is 0 Å². The lowest BCUT2D eigenvalue weighted by molar-refractivity contribution is -0.118. The first-order valence-corrected chi connectivity index (χ1v) is 8.61. The number of benzene rings is 2. The lowest BCUT2D eigenvalue weighted by Crippen LogP contribution is -2.42. The Morgan fingerprint density at radius 1 is 1.04 bits per heavy atom. The van der Waals surface area contributed by atoms with E-state index in [0.29, 0.717) is 22.3 Å². The molecule has 0 unspecified atom stereocenters. The van der Waals surface area contributed by atoms with Crippen molar-refractivity contribution >= 4 is 22.5 Å².